The molecule has 1 aromatic carbocycles. The van der Waals surface area contributed by atoms with Crippen molar-refractivity contribution in [2.75, 3.05) is 5.32 Å². The van der Waals surface area contributed by atoms with E-state index in [0.717, 1.165) is 0 Å². The minimum Gasteiger partial charge on any atom is -0.374 e. The number of rotatable bonds is 6. The van der Waals surface area contributed by atoms with Gasteiger partial charge in [0.2, 0.25) is 10.0 Å². The fraction of sp³-hybridized carbons (Fsp3) is 0.417. The predicted molar refractivity (Wildman–Crippen MR) is 78.1 cm³/mol. The molecule has 114 valence electrons. The van der Waals surface area contributed by atoms with Crippen LogP contribution in [0.5, 0.6) is 0 Å². The second kappa shape index (κ2) is 6.19. The average molecular weight is 310 g/mol. The van der Waals surface area contributed by atoms with Gasteiger partial charge in [-0.1, -0.05) is 17.3 Å². The molecule has 1 heterocycles. The van der Waals surface area contributed by atoms with Gasteiger partial charge in [-0.25, -0.2) is 13.1 Å². The van der Waals surface area contributed by atoms with Gasteiger partial charge in [0.25, 0.3) is 0 Å². The summed E-state index contributed by atoms with van der Waals surface area (Å²) in [4.78, 5) is 0.189. The Hall–Kier alpha value is -2.00. The van der Waals surface area contributed by atoms with E-state index < -0.39 is 10.0 Å². The molecule has 0 saturated heterocycles. The summed E-state index contributed by atoms with van der Waals surface area (Å²) in [5.74, 6) is 0.457. The van der Waals surface area contributed by atoms with Crippen molar-refractivity contribution in [3.05, 3.63) is 30.1 Å². The lowest BCUT2D eigenvalue weighted by Crippen LogP contribution is -2.30. The Balaban J connectivity index is 2.29. The largest absolute Gasteiger partial charge is 0.374 e. The fourth-order valence-corrected chi connectivity index (χ4v) is 3.27. The molecule has 1 aromatic heterocycles. The van der Waals surface area contributed by atoms with Crippen LogP contribution in [-0.2, 0) is 10.0 Å². The molecular formula is C12H18N6O2S. The van der Waals surface area contributed by atoms with Crippen molar-refractivity contribution in [2.45, 2.75) is 37.8 Å². The topological polar surface area (TPSA) is 113 Å². The molecule has 0 radical (unpaired) electrons. The number of aromatic amines is 1. The minimum absolute atomic E-state index is 0.183. The molecule has 21 heavy (non-hydrogen) atoms. The Morgan fingerprint density at radius 2 is 1.90 bits per heavy atom. The van der Waals surface area contributed by atoms with Gasteiger partial charge in [-0.15, -0.1) is 10.2 Å². The molecule has 0 aliphatic rings. The lowest BCUT2D eigenvalue weighted by Gasteiger charge is -2.17. The summed E-state index contributed by atoms with van der Waals surface area (Å²) in [6.45, 7) is 5.37. The fourth-order valence-electron chi connectivity index (χ4n) is 1.84. The maximum Gasteiger partial charge on any atom is 0.242 e. The first kappa shape index (κ1) is 15.4. The zero-order chi connectivity index (χ0) is 15.5. The van der Waals surface area contributed by atoms with Gasteiger partial charge < -0.3 is 5.32 Å². The van der Waals surface area contributed by atoms with E-state index in [1.54, 1.807) is 38.1 Å². The van der Waals surface area contributed by atoms with Crippen molar-refractivity contribution in [3.8, 4) is 0 Å². The van der Waals surface area contributed by atoms with Crippen molar-refractivity contribution < 1.29 is 8.42 Å². The molecule has 2 rings (SSSR count). The van der Waals surface area contributed by atoms with Gasteiger partial charge in [0.1, 0.15) is 4.90 Å². The minimum atomic E-state index is -3.58. The van der Waals surface area contributed by atoms with Crippen LogP contribution in [0, 0.1) is 0 Å². The summed E-state index contributed by atoms with van der Waals surface area (Å²) in [6.07, 6.45) is 0. The molecule has 9 heteroatoms. The van der Waals surface area contributed by atoms with E-state index in [2.05, 4.69) is 30.7 Å². The number of hydrogen-bond donors (Lipinski definition) is 3. The van der Waals surface area contributed by atoms with E-state index >= 15 is 0 Å². The molecule has 0 bridgehead atoms. The number of sulfonamides is 1. The third-order valence-electron chi connectivity index (χ3n) is 2.69. The van der Waals surface area contributed by atoms with E-state index in [0.29, 0.717) is 11.5 Å². The second-order valence-corrected chi connectivity index (χ2v) is 6.59. The number of H-pyrrole nitrogens is 1. The molecule has 0 aliphatic carbocycles. The van der Waals surface area contributed by atoms with Crippen molar-refractivity contribution in [2.24, 2.45) is 0 Å². The smallest absolute Gasteiger partial charge is 0.242 e. The molecule has 3 N–H and O–H groups in total. The molecule has 0 fully saturated rings. The van der Waals surface area contributed by atoms with E-state index in [-0.39, 0.29) is 17.0 Å². The normalized spacial score (nSPS) is 13.3. The van der Waals surface area contributed by atoms with Gasteiger partial charge in [0.15, 0.2) is 5.82 Å². The monoisotopic (exact) mass is 310 g/mol. The molecule has 0 amide bonds. The van der Waals surface area contributed by atoms with Crippen molar-refractivity contribution >= 4 is 15.7 Å². The van der Waals surface area contributed by atoms with Crippen molar-refractivity contribution in [3.63, 3.8) is 0 Å². The van der Waals surface area contributed by atoms with Gasteiger partial charge in [-0.2, -0.15) is 5.21 Å². The molecule has 1 atom stereocenters. The number of benzene rings is 1. The number of anilines is 1. The summed E-state index contributed by atoms with van der Waals surface area (Å²) in [7, 11) is -3.58. The van der Waals surface area contributed by atoms with E-state index in [1.807, 2.05) is 6.92 Å². The Labute approximate surface area is 123 Å². The summed E-state index contributed by atoms with van der Waals surface area (Å²) in [5.41, 5.74) is 0.489. The van der Waals surface area contributed by atoms with Crippen LogP contribution in [0.15, 0.2) is 29.2 Å². The van der Waals surface area contributed by atoms with E-state index in [4.69, 9.17) is 0 Å². The van der Waals surface area contributed by atoms with Gasteiger partial charge in [-0.05, 0) is 32.9 Å². The summed E-state index contributed by atoms with van der Waals surface area (Å²) in [5, 5.41) is 16.7. The number of nitrogens with zero attached hydrogens (tertiary/aromatic N) is 3. The third kappa shape index (κ3) is 3.76. The molecule has 2 aromatic rings. The lowest BCUT2D eigenvalue weighted by atomic mass is 10.2. The van der Waals surface area contributed by atoms with Crippen LogP contribution in [-0.4, -0.2) is 35.1 Å². The van der Waals surface area contributed by atoms with Crippen LogP contribution >= 0.6 is 0 Å². The standard InChI is InChI=1S/C12H18N6O2S/c1-8(2)16-21(19,20)11-7-5-4-6-10(11)13-9(3)12-14-17-18-15-12/h4-9,13,16H,1-3H3,(H,14,15,17,18). The highest BCUT2D eigenvalue weighted by Crippen LogP contribution is 2.24. The second-order valence-electron chi connectivity index (χ2n) is 4.91. The number of nitrogens with one attached hydrogen (secondary N) is 3. The first-order chi connectivity index (χ1) is 9.90. The first-order valence-corrected chi connectivity index (χ1v) is 7.99. The summed E-state index contributed by atoms with van der Waals surface area (Å²) < 4.78 is 27.2. The van der Waals surface area contributed by atoms with E-state index in [9.17, 15) is 8.42 Å². The summed E-state index contributed by atoms with van der Waals surface area (Å²) >= 11 is 0. The number of para-hydroxylation sites is 1. The zero-order valence-corrected chi connectivity index (χ0v) is 12.8. The highest BCUT2D eigenvalue weighted by Gasteiger charge is 2.21. The van der Waals surface area contributed by atoms with Gasteiger partial charge >= 0.3 is 0 Å². The Morgan fingerprint density at radius 1 is 1.19 bits per heavy atom. The SMILES string of the molecule is CC(C)NS(=O)(=O)c1ccccc1NC(C)c1nn[nH]n1. The van der Waals surface area contributed by atoms with Crippen LogP contribution in [0.2, 0.25) is 0 Å². The van der Waals surface area contributed by atoms with Crippen molar-refractivity contribution in [1.82, 2.24) is 25.3 Å². The number of aromatic nitrogens is 4. The van der Waals surface area contributed by atoms with Crippen LogP contribution in [0.1, 0.15) is 32.6 Å². The molecule has 0 saturated carbocycles. The Kier molecular flexibility index (Phi) is 4.53. The van der Waals surface area contributed by atoms with Gasteiger partial charge in [0, 0.05) is 6.04 Å². The Bertz CT molecular complexity index is 684. The maximum atomic E-state index is 12.3. The molecule has 8 nitrogen and oxygen atoms in total. The molecule has 0 aliphatic heterocycles. The Morgan fingerprint density at radius 3 is 2.52 bits per heavy atom. The predicted octanol–water partition coefficient (Wildman–Crippen LogP) is 1.06. The van der Waals surface area contributed by atoms with Crippen molar-refractivity contribution in [1.29, 1.82) is 0 Å². The maximum absolute atomic E-state index is 12.3. The summed E-state index contributed by atoms with van der Waals surface area (Å²) in [6, 6.07) is 6.23. The molecule has 0 spiro atoms. The van der Waals surface area contributed by atoms with Crippen LogP contribution in [0.25, 0.3) is 0 Å². The van der Waals surface area contributed by atoms with Crippen LogP contribution < -0.4 is 10.0 Å². The molecular weight excluding hydrogens is 292 g/mol. The van der Waals surface area contributed by atoms with Gasteiger partial charge in [0.05, 0.1) is 11.7 Å². The highest BCUT2D eigenvalue weighted by molar-refractivity contribution is 7.89. The molecule has 1 unspecified atom stereocenters. The number of tetrazole rings is 1. The first-order valence-electron chi connectivity index (χ1n) is 6.51. The van der Waals surface area contributed by atoms with Crippen LogP contribution in [0.4, 0.5) is 5.69 Å². The van der Waals surface area contributed by atoms with Gasteiger partial charge in [-0.3, -0.25) is 0 Å². The highest BCUT2D eigenvalue weighted by atomic mass is 32.2. The van der Waals surface area contributed by atoms with Crippen LogP contribution in [0.3, 0.4) is 0 Å². The average Bonchev–Trinajstić information content (AvgIpc) is 2.91. The number of hydrogen-bond acceptors (Lipinski definition) is 6. The third-order valence-corrected chi connectivity index (χ3v) is 4.41. The quantitative estimate of drug-likeness (QED) is 0.735. The van der Waals surface area contributed by atoms with E-state index in [1.165, 1.54) is 0 Å². The lowest BCUT2D eigenvalue weighted by molar-refractivity contribution is 0.570. The zero-order valence-electron chi connectivity index (χ0n) is 12.0.